The molecule has 124 valence electrons. The quantitative estimate of drug-likeness (QED) is 0.740. The van der Waals surface area contributed by atoms with Crippen molar-refractivity contribution in [1.82, 2.24) is 15.6 Å². The molecule has 0 spiro atoms. The van der Waals surface area contributed by atoms with Crippen molar-refractivity contribution < 1.29 is 14.5 Å². The minimum absolute atomic E-state index is 0.0804. The predicted octanol–water partition coefficient (Wildman–Crippen LogP) is 1.11. The van der Waals surface area contributed by atoms with Crippen LogP contribution >= 0.6 is 11.3 Å². The summed E-state index contributed by atoms with van der Waals surface area (Å²) in [5.74, 6) is -0.288. The molecule has 0 saturated heterocycles. The van der Waals surface area contributed by atoms with Crippen molar-refractivity contribution in [2.24, 2.45) is 0 Å². The molecule has 2 aromatic rings. The lowest BCUT2D eigenvalue weighted by atomic mass is 10.3. The Morgan fingerprint density at radius 3 is 2.78 bits per heavy atom. The first-order valence-corrected chi connectivity index (χ1v) is 8.58. The molecule has 1 aromatic carbocycles. The zero-order valence-electron chi connectivity index (χ0n) is 13.7. The summed E-state index contributed by atoms with van der Waals surface area (Å²) >= 11 is 1.64. The maximum Gasteiger partial charge on any atom is 0.321 e. The number of likely N-dealkylation sites (N-methyl/N-ethyl adjacent to an activating group) is 1. The SMILES string of the molecule is CCCNC(=O)NC(=O)C[NH+](C)[C@@H](C)c1nc2ccccc2s1. The number of carbonyl (C=O) groups is 2. The summed E-state index contributed by atoms with van der Waals surface area (Å²) in [5.41, 5.74) is 0.982. The van der Waals surface area contributed by atoms with Gasteiger partial charge in [-0.1, -0.05) is 19.1 Å². The van der Waals surface area contributed by atoms with Crippen molar-refractivity contribution >= 4 is 33.5 Å². The lowest BCUT2D eigenvalue weighted by Crippen LogP contribution is -3.10. The number of thiazole rings is 1. The molecule has 0 bridgehead atoms. The molecule has 0 aliphatic rings. The van der Waals surface area contributed by atoms with E-state index in [4.69, 9.17) is 0 Å². The number of carbonyl (C=O) groups excluding carboxylic acids is 2. The third-order valence-electron chi connectivity index (χ3n) is 3.65. The van der Waals surface area contributed by atoms with Crippen LogP contribution in [-0.2, 0) is 4.79 Å². The first-order valence-electron chi connectivity index (χ1n) is 7.76. The van der Waals surface area contributed by atoms with Gasteiger partial charge < -0.3 is 10.2 Å². The largest absolute Gasteiger partial charge is 0.338 e. The third kappa shape index (κ3) is 4.74. The molecule has 6 nitrogen and oxygen atoms in total. The molecule has 1 aromatic heterocycles. The van der Waals surface area contributed by atoms with E-state index in [1.807, 2.05) is 45.2 Å². The lowest BCUT2D eigenvalue weighted by molar-refractivity contribution is -0.902. The number of nitrogens with one attached hydrogen (secondary N) is 3. The Morgan fingerprint density at radius 1 is 1.35 bits per heavy atom. The fourth-order valence-electron chi connectivity index (χ4n) is 2.15. The molecule has 23 heavy (non-hydrogen) atoms. The Balaban J connectivity index is 1.92. The molecule has 2 rings (SSSR count). The van der Waals surface area contributed by atoms with Crippen LogP contribution in [0.2, 0.25) is 0 Å². The number of hydrogen-bond donors (Lipinski definition) is 3. The van der Waals surface area contributed by atoms with E-state index in [-0.39, 0.29) is 18.5 Å². The second kappa shape index (κ2) is 8.03. The number of hydrogen-bond acceptors (Lipinski definition) is 4. The monoisotopic (exact) mass is 335 g/mol. The Morgan fingerprint density at radius 2 is 2.09 bits per heavy atom. The summed E-state index contributed by atoms with van der Waals surface area (Å²) in [6.45, 7) is 4.78. The van der Waals surface area contributed by atoms with Crippen LogP contribution in [0, 0.1) is 0 Å². The molecule has 0 fully saturated rings. The minimum atomic E-state index is -0.433. The molecule has 3 N–H and O–H groups in total. The highest BCUT2D eigenvalue weighted by atomic mass is 32.1. The van der Waals surface area contributed by atoms with Crippen LogP contribution in [0.4, 0.5) is 4.79 Å². The molecule has 0 aliphatic heterocycles. The van der Waals surface area contributed by atoms with Crippen LogP contribution in [-0.4, -0.2) is 37.1 Å². The van der Waals surface area contributed by atoms with E-state index in [0.29, 0.717) is 6.54 Å². The van der Waals surface area contributed by atoms with E-state index in [1.54, 1.807) is 11.3 Å². The summed E-state index contributed by atoms with van der Waals surface area (Å²) in [5, 5.41) is 5.97. The number of quaternary nitrogens is 1. The van der Waals surface area contributed by atoms with Gasteiger partial charge in [0.1, 0.15) is 6.04 Å². The highest BCUT2D eigenvalue weighted by Gasteiger charge is 2.22. The van der Waals surface area contributed by atoms with Crippen molar-refractivity contribution in [2.75, 3.05) is 20.1 Å². The van der Waals surface area contributed by atoms with Gasteiger partial charge in [0.05, 0.1) is 17.3 Å². The van der Waals surface area contributed by atoms with E-state index >= 15 is 0 Å². The summed E-state index contributed by atoms with van der Waals surface area (Å²) < 4.78 is 1.14. The van der Waals surface area contributed by atoms with Crippen molar-refractivity contribution in [3.63, 3.8) is 0 Å². The van der Waals surface area contributed by atoms with Gasteiger partial charge in [-0.15, -0.1) is 11.3 Å². The number of para-hydroxylation sites is 1. The van der Waals surface area contributed by atoms with Crippen LogP contribution in [0.5, 0.6) is 0 Å². The number of nitrogens with zero attached hydrogens (tertiary/aromatic N) is 1. The van der Waals surface area contributed by atoms with E-state index in [2.05, 4.69) is 15.6 Å². The van der Waals surface area contributed by atoms with Crippen LogP contribution < -0.4 is 15.5 Å². The van der Waals surface area contributed by atoms with Gasteiger partial charge in [0.15, 0.2) is 11.6 Å². The van der Waals surface area contributed by atoms with Crippen molar-refractivity contribution in [1.29, 1.82) is 0 Å². The number of urea groups is 1. The van der Waals surface area contributed by atoms with Crippen LogP contribution in [0.3, 0.4) is 0 Å². The van der Waals surface area contributed by atoms with Crippen molar-refractivity contribution in [3.05, 3.63) is 29.3 Å². The van der Waals surface area contributed by atoms with Crippen LogP contribution in [0.15, 0.2) is 24.3 Å². The van der Waals surface area contributed by atoms with Gasteiger partial charge >= 0.3 is 6.03 Å². The van der Waals surface area contributed by atoms with E-state index in [1.165, 1.54) is 0 Å². The second-order valence-electron chi connectivity index (χ2n) is 5.57. The van der Waals surface area contributed by atoms with Gasteiger partial charge in [-0.25, -0.2) is 9.78 Å². The zero-order chi connectivity index (χ0) is 16.8. The molecular formula is C16H23N4O2S+. The number of aromatic nitrogens is 1. The topological polar surface area (TPSA) is 75.5 Å². The molecule has 0 radical (unpaired) electrons. The zero-order valence-corrected chi connectivity index (χ0v) is 14.5. The fraction of sp³-hybridized carbons (Fsp3) is 0.438. The van der Waals surface area contributed by atoms with Crippen LogP contribution in [0.25, 0.3) is 10.2 Å². The van der Waals surface area contributed by atoms with Gasteiger partial charge in [0.25, 0.3) is 5.91 Å². The van der Waals surface area contributed by atoms with Gasteiger partial charge in [-0.3, -0.25) is 10.1 Å². The Bertz CT molecular complexity index is 653. The highest BCUT2D eigenvalue weighted by Crippen LogP contribution is 2.24. The van der Waals surface area contributed by atoms with E-state index in [9.17, 15) is 9.59 Å². The summed E-state index contributed by atoms with van der Waals surface area (Å²) in [7, 11) is 1.93. The highest BCUT2D eigenvalue weighted by molar-refractivity contribution is 7.18. The summed E-state index contributed by atoms with van der Waals surface area (Å²) in [6, 6.07) is 7.64. The number of fused-ring (bicyclic) bond motifs is 1. The minimum Gasteiger partial charge on any atom is -0.338 e. The van der Waals surface area contributed by atoms with E-state index in [0.717, 1.165) is 26.5 Å². The molecule has 3 amide bonds. The average Bonchev–Trinajstić information content (AvgIpc) is 2.95. The van der Waals surface area contributed by atoms with Gasteiger partial charge in [0, 0.05) is 6.54 Å². The lowest BCUT2D eigenvalue weighted by Gasteiger charge is -2.19. The van der Waals surface area contributed by atoms with Gasteiger partial charge in [0.2, 0.25) is 0 Å². The smallest absolute Gasteiger partial charge is 0.321 e. The average molecular weight is 335 g/mol. The molecule has 1 heterocycles. The second-order valence-corrected chi connectivity index (χ2v) is 6.63. The Labute approximate surface area is 139 Å². The first-order chi connectivity index (χ1) is 11.0. The molecule has 2 atom stereocenters. The number of benzene rings is 1. The van der Waals surface area contributed by atoms with E-state index < -0.39 is 6.03 Å². The summed E-state index contributed by atoms with van der Waals surface area (Å²) in [4.78, 5) is 29.0. The summed E-state index contributed by atoms with van der Waals surface area (Å²) in [6.07, 6.45) is 0.835. The third-order valence-corrected chi connectivity index (χ3v) is 4.87. The molecule has 0 saturated carbocycles. The predicted molar refractivity (Wildman–Crippen MR) is 91.6 cm³/mol. The molecular weight excluding hydrogens is 312 g/mol. The molecule has 0 aliphatic carbocycles. The number of amides is 3. The number of imide groups is 1. The maximum atomic E-state index is 11.9. The molecule has 1 unspecified atom stereocenters. The Hall–Kier alpha value is -1.99. The van der Waals surface area contributed by atoms with Crippen molar-refractivity contribution in [2.45, 2.75) is 26.3 Å². The molecule has 7 heteroatoms. The van der Waals surface area contributed by atoms with Crippen molar-refractivity contribution in [3.8, 4) is 0 Å². The maximum absolute atomic E-state index is 11.9. The van der Waals surface area contributed by atoms with Crippen LogP contribution in [0.1, 0.15) is 31.3 Å². The first kappa shape index (κ1) is 17.4. The number of rotatable bonds is 6. The Kier molecular flexibility index (Phi) is 6.06. The van der Waals surface area contributed by atoms with Gasteiger partial charge in [-0.05, 0) is 25.5 Å². The standard InChI is InChI=1S/C16H22N4O2S/c1-4-9-17-16(22)19-14(21)10-20(3)11(2)15-18-12-7-5-6-8-13(12)23-15/h5-8,11H,4,9-10H2,1-3H3,(H2,17,19,21,22)/p+1/t11-/m0/s1. The van der Waals surface area contributed by atoms with Gasteiger partial charge in [-0.2, -0.15) is 0 Å². The normalized spacial score (nSPS) is 13.5. The fourth-order valence-corrected chi connectivity index (χ4v) is 3.26.